The van der Waals surface area contributed by atoms with E-state index >= 15 is 0 Å². The maximum absolute atomic E-state index is 12.2. The topological polar surface area (TPSA) is 86.7 Å². The summed E-state index contributed by atoms with van der Waals surface area (Å²) in [6.45, 7) is 3.64. The van der Waals surface area contributed by atoms with E-state index in [1.807, 2.05) is 6.07 Å². The molecule has 0 aliphatic heterocycles. The van der Waals surface area contributed by atoms with Gasteiger partial charge in [-0.1, -0.05) is 0 Å². The number of benzene rings is 1. The molecular weight excluding hydrogens is 308 g/mol. The third kappa shape index (κ3) is 4.86. The fraction of sp³-hybridized carbons (Fsp3) is 0.333. The van der Waals surface area contributed by atoms with Crippen molar-refractivity contribution >= 4 is 5.91 Å². The summed E-state index contributed by atoms with van der Waals surface area (Å²) in [6, 6.07) is 12.0. The maximum atomic E-state index is 12.2. The Morgan fingerprint density at radius 3 is 2.54 bits per heavy atom. The van der Waals surface area contributed by atoms with E-state index in [0.717, 1.165) is 0 Å². The first-order valence-corrected chi connectivity index (χ1v) is 7.48. The molecule has 6 nitrogen and oxygen atoms in total. The molecule has 24 heavy (non-hydrogen) atoms. The van der Waals surface area contributed by atoms with Gasteiger partial charge in [0.2, 0.25) is 0 Å². The fourth-order valence-corrected chi connectivity index (χ4v) is 2.19. The maximum Gasteiger partial charge on any atom is 0.289 e. The van der Waals surface area contributed by atoms with Gasteiger partial charge in [-0.15, -0.1) is 0 Å². The zero-order valence-corrected chi connectivity index (χ0v) is 13.9. The Kier molecular flexibility index (Phi) is 5.27. The summed E-state index contributed by atoms with van der Waals surface area (Å²) in [5, 5.41) is 18.5. The second kappa shape index (κ2) is 7.20. The number of aliphatic hydroxyl groups is 1. The van der Waals surface area contributed by atoms with Crippen molar-refractivity contribution in [1.29, 1.82) is 5.26 Å². The molecule has 1 heterocycles. The summed E-state index contributed by atoms with van der Waals surface area (Å²) < 4.78 is 11.1. The largest absolute Gasteiger partial charge is 0.486 e. The van der Waals surface area contributed by atoms with Gasteiger partial charge < -0.3 is 19.2 Å². The van der Waals surface area contributed by atoms with Crippen LogP contribution in [0.2, 0.25) is 0 Å². The molecule has 0 bridgehead atoms. The van der Waals surface area contributed by atoms with Crippen molar-refractivity contribution in [2.24, 2.45) is 0 Å². The Hall–Kier alpha value is -2.78. The van der Waals surface area contributed by atoms with Gasteiger partial charge in [0, 0.05) is 13.6 Å². The van der Waals surface area contributed by atoms with Crippen LogP contribution in [0.15, 0.2) is 40.8 Å². The number of nitriles is 1. The van der Waals surface area contributed by atoms with Crippen LogP contribution >= 0.6 is 0 Å². The molecule has 1 aromatic heterocycles. The minimum atomic E-state index is -0.974. The third-order valence-electron chi connectivity index (χ3n) is 3.21. The highest BCUT2D eigenvalue weighted by atomic mass is 16.5. The summed E-state index contributed by atoms with van der Waals surface area (Å²) in [5.74, 6) is 1.01. The van der Waals surface area contributed by atoms with Gasteiger partial charge in [-0.3, -0.25) is 4.79 Å². The van der Waals surface area contributed by atoms with Gasteiger partial charge in [0.15, 0.2) is 5.76 Å². The molecule has 0 saturated carbocycles. The molecule has 126 valence electrons. The van der Waals surface area contributed by atoms with Crippen LogP contribution in [-0.2, 0) is 6.61 Å². The molecule has 0 fully saturated rings. The molecule has 1 N–H and O–H groups in total. The first kappa shape index (κ1) is 17.6. The number of hydrogen-bond donors (Lipinski definition) is 1. The quantitative estimate of drug-likeness (QED) is 0.880. The first-order valence-electron chi connectivity index (χ1n) is 7.48. The van der Waals surface area contributed by atoms with Gasteiger partial charge in [-0.25, -0.2) is 0 Å². The van der Waals surface area contributed by atoms with Crippen molar-refractivity contribution in [1.82, 2.24) is 4.90 Å². The second-order valence-corrected chi connectivity index (χ2v) is 6.16. The Morgan fingerprint density at radius 1 is 1.29 bits per heavy atom. The van der Waals surface area contributed by atoms with Crippen LogP contribution in [0.4, 0.5) is 0 Å². The van der Waals surface area contributed by atoms with E-state index in [1.54, 1.807) is 57.3 Å². The zero-order valence-electron chi connectivity index (χ0n) is 13.9. The van der Waals surface area contributed by atoms with Crippen molar-refractivity contribution < 1.29 is 19.1 Å². The zero-order chi connectivity index (χ0) is 17.7. The minimum absolute atomic E-state index is 0.175. The molecule has 0 aliphatic carbocycles. The van der Waals surface area contributed by atoms with Crippen LogP contribution in [0.1, 0.15) is 35.7 Å². The van der Waals surface area contributed by atoms with Crippen molar-refractivity contribution in [2.45, 2.75) is 26.1 Å². The van der Waals surface area contributed by atoms with Gasteiger partial charge in [0.1, 0.15) is 18.1 Å². The second-order valence-electron chi connectivity index (χ2n) is 6.16. The van der Waals surface area contributed by atoms with Gasteiger partial charge in [-0.05, 0) is 50.2 Å². The van der Waals surface area contributed by atoms with Gasteiger partial charge in [0.25, 0.3) is 5.91 Å². The van der Waals surface area contributed by atoms with Crippen molar-refractivity contribution in [3.05, 3.63) is 53.5 Å². The molecule has 0 unspecified atom stereocenters. The highest BCUT2D eigenvalue weighted by Crippen LogP contribution is 2.16. The number of nitrogens with zero attached hydrogens (tertiary/aromatic N) is 2. The Balaban J connectivity index is 1.95. The molecule has 1 amide bonds. The molecule has 2 aromatic rings. The number of hydrogen-bond acceptors (Lipinski definition) is 5. The van der Waals surface area contributed by atoms with Crippen molar-refractivity contribution in [3.63, 3.8) is 0 Å². The molecule has 0 spiro atoms. The van der Waals surface area contributed by atoms with Gasteiger partial charge in [0.05, 0.1) is 17.2 Å². The number of furan rings is 1. The Morgan fingerprint density at radius 2 is 1.96 bits per heavy atom. The van der Waals surface area contributed by atoms with E-state index in [0.29, 0.717) is 17.1 Å². The molecular formula is C18H20N2O4. The average molecular weight is 328 g/mol. The lowest BCUT2D eigenvalue weighted by molar-refractivity contribution is 0.0350. The molecule has 1 aromatic carbocycles. The number of rotatable bonds is 6. The predicted molar refractivity (Wildman–Crippen MR) is 87.5 cm³/mol. The van der Waals surface area contributed by atoms with E-state index in [4.69, 9.17) is 14.4 Å². The van der Waals surface area contributed by atoms with Crippen molar-refractivity contribution in [2.75, 3.05) is 13.6 Å². The third-order valence-corrected chi connectivity index (χ3v) is 3.21. The predicted octanol–water partition coefficient (Wildman–Crippen LogP) is 2.57. The lowest BCUT2D eigenvalue weighted by atomic mass is 10.1. The minimum Gasteiger partial charge on any atom is -0.486 e. The monoisotopic (exact) mass is 328 g/mol. The lowest BCUT2D eigenvalue weighted by Crippen LogP contribution is -2.39. The number of likely N-dealkylation sites (N-methyl/N-ethyl adjacent to an activating group) is 1. The highest BCUT2D eigenvalue weighted by molar-refractivity contribution is 5.91. The van der Waals surface area contributed by atoms with Gasteiger partial charge in [-0.2, -0.15) is 5.26 Å². The van der Waals surface area contributed by atoms with Crippen LogP contribution < -0.4 is 4.74 Å². The lowest BCUT2D eigenvalue weighted by Gasteiger charge is -2.24. The van der Waals surface area contributed by atoms with E-state index in [2.05, 4.69) is 0 Å². The van der Waals surface area contributed by atoms with Crippen LogP contribution in [0.5, 0.6) is 5.75 Å². The van der Waals surface area contributed by atoms with Crippen LogP contribution in [0.3, 0.4) is 0 Å². The number of ether oxygens (including phenoxy) is 1. The standard InChI is InChI=1S/C18H20N2O4/c1-18(2,22)12-20(3)17(21)16-9-8-15(24-16)11-23-14-6-4-13(10-19)5-7-14/h4-9,22H,11-12H2,1-3H3. The first-order chi connectivity index (χ1) is 11.3. The normalized spacial score (nSPS) is 11.0. The smallest absolute Gasteiger partial charge is 0.289 e. The van der Waals surface area contributed by atoms with Crippen LogP contribution in [-0.4, -0.2) is 35.1 Å². The Bertz CT molecular complexity index is 736. The SMILES string of the molecule is CN(CC(C)(C)O)C(=O)c1ccc(COc2ccc(C#N)cc2)o1. The molecule has 0 atom stereocenters. The van der Waals surface area contributed by atoms with E-state index in [1.165, 1.54) is 4.90 Å². The molecule has 2 rings (SSSR count). The van der Waals surface area contributed by atoms with Crippen molar-refractivity contribution in [3.8, 4) is 11.8 Å². The fourth-order valence-electron chi connectivity index (χ4n) is 2.19. The van der Waals surface area contributed by atoms with E-state index in [9.17, 15) is 9.90 Å². The summed E-state index contributed by atoms with van der Waals surface area (Å²) in [7, 11) is 1.61. The number of carbonyl (C=O) groups is 1. The summed E-state index contributed by atoms with van der Waals surface area (Å²) in [5.41, 5.74) is -0.415. The Labute approximate surface area is 140 Å². The molecule has 0 saturated heterocycles. The summed E-state index contributed by atoms with van der Waals surface area (Å²) in [6.07, 6.45) is 0. The van der Waals surface area contributed by atoms with E-state index in [-0.39, 0.29) is 24.8 Å². The average Bonchev–Trinajstić information content (AvgIpc) is 3.00. The summed E-state index contributed by atoms with van der Waals surface area (Å²) >= 11 is 0. The van der Waals surface area contributed by atoms with Crippen LogP contribution in [0.25, 0.3) is 0 Å². The number of amides is 1. The van der Waals surface area contributed by atoms with Crippen LogP contribution in [0, 0.1) is 11.3 Å². The van der Waals surface area contributed by atoms with Gasteiger partial charge >= 0.3 is 0 Å². The van der Waals surface area contributed by atoms with E-state index < -0.39 is 5.60 Å². The summed E-state index contributed by atoms with van der Waals surface area (Å²) in [4.78, 5) is 13.6. The highest BCUT2D eigenvalue weighted by Gasteiger charge is 2.22. The molecule has 0 radical (unpaired) electrons. The molecule has 0 aliphatic rings. The molecule has 6 heteroatoms. The number of carbonyl (C=O) groups excluding carboxylic acids is 1.